The van der Waals surface area contributed by atoms with Gasteiger partial charge in [-0.05, 0) is 44.4 Å². The molecule has 0 aromatic heterocycles. The van der Waals surface area contributed by atoms with Crippen molar-refractivity contribution in [2.24, 2.45) is 11.3 Å². The van der Waals surface area contributed by atoms with Gasteiger partial charge >= 0.3 is 0 Å². The zero-order valence-corrected chi connectivity index (χ0v) is 8.42. The lowest BCUT2D eigenvalue weighted by Gasteiger charge is -2.41. The Balaban J connectivity index is 2.04. The van der Waals surface area contributed by atoms with E-state index in [2.05, 4.69) is 6.92 Å². The highest BCUT2D eigenvalue weighted by atomic mass is 16.3. The molecule has 2 saturated carbocycles. The van der Waals surface area contributed by atoms with Crippen LogP contribution >= 0.6 is 0 Å². The SMILES string of the molecule is CC1CCC(O)(C2(CO)CC2)CC1. The second-order valence-electron chi connectivity index (χ2n) is 5.15. The molecule has 2 N–H and O–H groups in total. The first kappa shape index (κ1) is 9.47. The van der Waals surface area contributed by atoms with Gasteiger partial charge in [-0.3, -0.25) is 0 Å². The summed E-state index contributed by atoms with van der Waals surface area (Å²) in [6.45, 7) is 2.43. The minimum absolute atomic E-state index is 0.104. The average molecular weight is 184 g/mol. The van der Waals surface area contributed by atoms with E-state index in [0.717, 1.165) is 44.4 Å². The average Bonchev–Trinajstić information content (AvgIpc) is 2.91. The molecule has 0 radical (unpaired) electrons. The van der Waals surface area contributed by atoms with E-state index in [0.29, 0.717) is 0 Å². The van der Waals surface area contributed by atoms with Crippen molar-refractivity contribution in [2.45, 2.75) is 51.0 Å². The Labute approximate surface area is 80.0 Å². The molecule has 0 aromatic carbocycles. The maximum absolute atomic E-state index is 10.4. The van der Waals surface area contributed by atoms with Crippen LogP contribution in [0.25, 0.3) is 0 Å². The van der Waals surface area contributed by atoms with Crippen LogP contribution in [-0.2, 0) is 0 Å². The lowest BCUT2D eigenvalue weighted by molar-refractivity contribution is -0.0876. The molecule has 0 heterocycles. The third-order valence-corrected chi connectivity index (χ3v) is 4.24. The molecular weight excluding hydrogens is 164 g/mol. The summed E-state index contributed by atoms with van der Waals surface area (Å²) in [6, 6.07) is 0. The number of rotatable bonds is 2. The molecule has 0 amide bonds. The van der Waals surface area contributed by atoms with Gasteiger partial charge in [0.2, 0.25) is 0 Å². The van der Waals surface area contributed by atoms with Gasteiger partial charge < -0.3 is 10.2 Å². The Morgan fingerprint density at radius 2 is 1.69 bits per heavy atom. The number of aliphatic hydroxyl groups is 2. The summed E-state index contributed by atoms with van der Waals surface area (Å²) in [7, 11) is 0. The molecule has 2 fully saturated rings. The van der Waals surface area contributed by atoms with Gasteiger partial charge in [-0.2, -0.15) is 0 Å². The molecule has 0 unspecified atom stereocenters. The minimum Gasteiger partial charge on any atom is -0.396 e. The fourth-order valence-corrected chi connectivity index (χ4v) is 2.69. The van der Waals surface area contributed by atoms with Crippen LogP contribution in [0, 0.1) is 11.3 Å². The third kappa shape index (κ3) is 1.40. The standard InChI is InChI=1S/C11H20O2/c1-9-2-4-11(13,5-3-9)10(8-12)6-7-10/h9,12-13H,2-8H2,1H3. The fraction of sp³-hybridized carbons (Fsp3) is 1.00. The van der Waals surface area contributed by atoms with E-state index in [4.69, 9.17) is 0 Å². The molecule has 2 heteroatoms. The molecule has 2 rings (SSSR count). The van der Waals surface area contributed by atoms with E-state index in [9.17, 15) is 10.2 Å². The summed E-state index contributed by atoms with van der Waals surface area (Å²) in [4.78, 5) is 0. The maximum Gasteiger partial charge on any atom is 0.0725 e. The Kier molecular flexibility index (Phi) is 2.16. The molecular formula is C11H20O2. The van der Waals surface area contributed by atoms with Crippen molar-refractivity contribution in [3.63, 3.8) is 0 Å². The Hall–Kier alpha value is -0.0800. The van der Waals surface area contributed by atoms with Gasteiger partial charge in [-0.1, -0.05) is 6.92 Å². The highest BCUT2D eigenvalue weighted by Crippen LogP contribution is 2.58. The lowest BCUT2D eigenvalue weighted by Crippen LogP contribution is -2.44. The molecule has 0 saturated heterocycles. The molecule has 2 aliphatic carbocycles. The van der Waals surface area contributed by atoms with Crippen molar-refractivity contribution in [1.29, 1.82) is 0 Å². The van der Waals surface area contributed by atoms with Gasteiger partial charge in [-0.25, -0.2) is 0 Å². The Morgan fingerprint density at radius 3 is 2.08 bits per heavy atom. The summed E-state index contributed by atoms with van der Waals surface area (Å²) < 4.78 is 0. The zero-order valence-electron chi connectivity index (χ0n) is 8.42. The van der Waals surface area contributed by atoms with Crippen molar-refractivity contribution in [3.05, 3.63) is 0 Å². The molecule has 0 spiro atoms. The molecule has 0 aromatic rings. The zero-order chi connectivity index (χ0) is 9.53. The first-order chi connectivity index (χ1) is 6.12. The highest BCUT2D eigenvalue weighted by Gasteiger charge is 2.58. The fourth-order valence-electron chi connectivity index (χ4n) is 2.69. The maximum atomic E-state index is 10.4. The molecule has 0 atom stereocenters. The molecule has 13 heavy (non-hydrogen) atoms. The van der Waals surface area contributed by atoms with Crippen LogP contribution in [0.5, 0.6) is 0 Å². The van der Waals surface area contributed by atoms with E-state index < -0.39 is 5.60 Å². The van der Waals surface area contributed by atoms with E-state index in [1.807, 2.05) is 0 Å². The largest absolute Gasteiger partial charge is 0.396 e. The lowest BCUT2D eigenvalue weighted by atomic mass is 9.71. The first-order valence-electron chi connectivity index (χ1n) is 5.45. The summed E-state index contributed by atoms with van der Waals surface area (Å²) in [5.41, 5.74) is -0.637. The molecule has 2 nitrogen and oxygen atoms in total. The summed E-state index contributed by atoms with van der Waals surface area (Å²) in [5.74, 6) is 0.759. The van der Waals surface area contributed by atoms with Crippen LogP contribution in [0.4, 0.5) is 0 Å². The predicted molar refractivity (Wildman–Crippen MR) is 51.3 cm³/mol. The second kappa shape index (κ2) is 2.96. The normalized spacial score (nSPS) is 43.2. The summed E-state index contributed by atoms with van der Waals surface area (Å²) in [6.07, 6.45) is 6.09. The topological polar surface area (TPSA) is 40.5 Å². The van der Waals surface area contributed by atoms with Crippen molar-refractivity contribution in [2.75, 3.05) is 6.61 Å². The van der Waals surface area contributed by atoms with Crippen molar-refractivity contribution < 1.29 is 10.2 Å². The van der Waals surface area contributed by atoms with Gasteiger partial charge in [0, 0.05) is 5.41 Å². The molecule has 0 aliphatic heterocycles. The van der Waals surface area contributed by atoms with E-state index >= 15 is 0 Å². The number of hydrogen-bond acceptors (Lipinski definition) is 2. The van der Waals surface area contributed by atoms with Crippen LogP contribution in [0.3, 0.4) is 0 Å². The first-order valence-corrected chi connectivity index (χ1v) is 5.45. The van der Waals surface area contributed by atoms with Gasteiger partial charge in [0.25, 0.3) is 0 Å². The monoisotopic (exact) mass is 184 g/mol. The number of hydrogen-bond donors (Lipinski definition) is 2. The molecule has 2 aliphatic rings. The quantitative estimate of drug-likeness (QED) is 0.685. The second-order valence-corrected chi connectivity index (χ2v) is 5.15. The van der Waals surface area contributed by atoms with Crippen LogP contribution in [-0.4, -0.2) is 22.4 Å². The van der Waals surface area contributed by atoms with Crippen molar-refractivity contribution >= 4 is 0 Å². The molecule has 76 valence electrons. The van der Waals surface area contributed by atoms with Crippen LogP contribution < -0.4 is 0 Å². The third-order valence-electron chi connectivity index (χ3n) is 4.24. The summed E-state index contributed by atoms with van der Waals surface area (Å²) in [5, 5.41) is 19.7. The van der Waals surface area contributed by atoms with Crippen LogP contribution in [0.15, 0.2) is 0 Å². The Morgan fingerprint density at radius 1 is 1.15 bits per heavy atom. The van der Waals surface area contributed by atoms with Gasteiger partial charge in [-0.15, -0.1) is 0 Å². The van der Waals surface area contributed by atoms with Gasteiger partial charge in [0.1, 0.15) is 0 Å². The summed E-state index contributed by atoms with van der Waals surface area (Å²) >= 11 is 0. The van der Waals surface area contributed by atoms with E-state index in [1.165, 1.54) is 0 Å². The predicted octanol–water partition coefficient (Wildman–Crippen LogP) is 1.70. The van der Waals surface area contributed by atoms with Crippen LogP contribution in [0.1, 0.15) is 45.4 Å². The van der Waals surface area contributed by atoms with Crippen molar-refractivity contribution in [1.82, 2.24) is 0 Å². The van der Waals surface area contributed by atoms with Gasteiger partial charge in [0.05, 0.1) is 12.2 Å². The Bertz CT molecular complexity index is 188. The van der Waals surface area contributed by atoms with Crippen molar-refractivity contribution in [3.8, 4) is 0 Å². The van der Waals surface area contributed by atoms with E-state index in [-0.39, 0.29) is 12.0 Å². The number of aliphatic hydroxyl groups excluding tert-OH is 1. The van der Waals surface area contributed by atoms with Crippen LogP contribution in [0.2, 0.25) is 0 Å². The smallest absolute Gasteiger partial charge is 0.0725 e. The highest BCUT2D eigenvalue weighted by molar-refractivity contribution is 5.09. The molecule has 0 bridgehead atoms. The van der Waals surface area contributed by atoms with E-state index in [1.54, 1.807) is 0 Å². The minimum atomic E-state index is -0.533. The van der Waals surface area contributed by atoms with Gasteiger partial charge in [0.15, 0.2) is 0 Å².